The molecule has 0 spiro atoms. The van der Waals surface area contributed by atoms with E-state index in [-0.39, 0.29) is 11.9 Å². The Morgan fingerprint density at radius 1 is 1.71 bits per heavy atom. The lowest BCUT2D eigenvalue weighted by atomic mass is 9.92. The molecule has 2 heterocycles. The van der Waals surface area contributed by atoms with Gasteiger partial charge in [0.15, 0.2) is 0 Å². The first-order chi connectivity index (χ1) is 8.08. The number of hydrogen-bond donors (Lipinski definition) is 1. The zero-order chi connectivity index (χ0) is 12.4. The number of piperidine rings is 1. The highest BCUT2D eigenvalue weighted by Crippen LogP contribution is 2.22. The van der Waals surface area contributed by atoms with Gasteiger partial charge in [0.25, 0.3) is 5.91 Å². The number of amides is 1. The molecule has 1 aromatic rings. The van der Waals surface area contributed by atoms with Gasteiger partial charge in [-0.3, -0.25) is 4.79 Å². The summed E-state index contributed by atoms with van der Waals surface area (Å²) in [5.41, 5.74) is 5.92. The molecule has 1 aliphatic rings. The molecular weight excluding hydrogens is 234 g/mol. The van der Waals surface area contributed by atoms with Gasteiger partial charge < -0.3 is 10.6 Å². The summed E-state index contributed by atoms with van der Waals surface area (Å²) in [7, 11) is 0. The third-order valence-corrected chi connectivity index (χ3v) is 4.22. The van der Waals surface area contributed by atoms with Crippen LogP contribution in [0.4, 0.5) is 0 Å². The van der Waals surface area contributed by atoms with Crippen LogP contribution in [0.2, 0.25) is 0 Å². The minimum atomic E-state index is 0.112. The van der Waals surface area contributed by atoms with Crippen LogP contribution < -0.4 is 5.73 Å². The Kier molecular flexibility index (Phi) is 3.79. The van der Waals surface area contributed by atoms with Crippen LogP contribution in [0.3, 0.4) is 0 Å². The molecular formula is C12H19N3OS. The van der Waals surface area contributed by atoms with E-state index in [1.54, 1.807) is 6.20 Å². The Morgan fingerprint density at radius 2 is 2.47 bits per heavy atom. The number of carbonyl (C=O) groups excluding carboxylic acids is 1. The number of aryl methyl sites for hydroxylation is 1. The van der Waals surface area contributed by atoms with Gasteiger partial charge in [0.1, 0.15) is 4.88 Å². The molecule has 2 rings (SSSR count). The molecule has 1 aromatic heterocycles. The van der Waals surface area contributed by atoms with E-state index >= 15 is 0 Å². The van der Waals surface area contributed by atoms with E-state index in [4.69, 9.17) is 5.73 Å². The Labute approximate surface area is 106 Å². The smallest absolute Gasteiger partial charge is 0.265 e. The van der Waals surface area contributed by atoms with Crippen molar-refractivity contribution in [2.24, 2.45) is 11.7 Å². The first-order valence-electron chi connectivity index (χ1n) is 6.05. The van der Waals surface area contributed by atoms with Gasteiger partial charge in [-0.2, -0.15) is 0 Å². The quantitative estimate of drug-likeness (QED) is 0.872. The van der Waals surface area contributed by atoms with Gasteiger partial charge in [0, 0.05) is 19.1 Å². The normalized spacial score (nSPS) is 22.5. The van der Waals surface area contributed by atoms with Crippen LogP contribution in [-0.2, 0) is 0 Å². The van der Waals surface area contributed by atoms with E-state index < -0.39 is 0 Å². The molecule has 0 aliphatic carbocycles. The summed E-state index contributed by atoms with van der Waals surface area (Å²) in [4.78, 5) is 19.0. The van der Waals surface area contributed by atoms with Crippen molar-refractivity contribution in [2.45, 2.75) is 32.7 Å². The molecule has 1 saturated heterocycles. The number of hydrogen-bond acceptors (Lipinski definition) is 4. The predicted octanol–water partition coefficient (Wildman–Crippen LogP) is 1.65. The molecule has 1 fully saturated rings. The van der Waals surface area contributed by atoms with Crippen LogP contribution in [0.25, 0.3) is 0 Å². The van der Waals surface area contributed by atoms with Crippen LogP contribution >= 0.6 is 11.3 Å². The number of aromatic nitrogens is 1. The first kappa shape index (κ1) is 12.5. The van der Waals surface area contributed by atoms with Crippen molar-refractivity contribution in [1.82, 2.24) is 9.88 Å². The van der Waals surface area contributed by atoms with Crippen molar-refractivity contribution in [3.8, 4) is 0 Å². The lowest BCUT2D eigenvalue weighted by Gasteiger charge is -2.34. The topological polar surface area (TPSA) is 59.2 Å². The molecule has 17 heavy (non-hydrogen) atoms. The summed E-state index contributed by atoms with van der Waals surface area (Å²) < 4.78 is 0. The summed E-state index contributed by atoms with van der Waals surface area (Å²) >= 11 is 1.47. The molecule has 0 unspecified atom stereocenters. The van der Waals surface area contributed by atoms with E-state index in [1.165, 1.54) is 11.3 Å². The van der Waals surface area contributed by atoms with Crippen molar-refractivity contribution in [3.05, 3.63) is 16.1 Å². The maximum absolute atomic E-state index is 12.2. The summed E-state index contributed by atoms with van der Waals surface area (Å²) in [5.74, 6) is 0.544. The Morgan fingerprint density at radius 3 is 3.06 bits per heavy atom. The van der Waals surface area contributed by atoms with Crippen molar-refractivity contribution in [2.75, 3.05) is 13.1 Å². The average Bonchev–Trinajstić information content (AvgIpc) is 2.75. The molecule has 0 saturated carbocycles. The summed E-state index contributed by atoms with van der Waals surface area (Å²) in [6.45, 7) is 5.57. The van der Waals surface area contributed by atoms with Gasteiger partial charge in [-0.15, -0.1) is 11.3 Å². The van der Waals surface area contributed by atoms with Crippen molar-refractivity contribution in [1.29, 1.82) is 0 Å². The summed E-state index contributed by atoms with van der Waals surface area (Å²) in [6.07, 6.45) is 3.86. The third kappa shape index (κ3) is 2.84. The number of likely N-dealkylation sites (tertiary alicyclic amines) is 1. The maximum Gasteiger partial charge on any atom is 0.265 e. The van der Waals surface area contributed by atoms with Crippen molar-refractivity contribution < 1.29 is 4.79 Å². The van der Waals surface area contributed by atoms with Gasteiger partial charge >= 0.3 is 0 Å². The summed E-state index contributed by atoms with van der Waals surface area (Å²) in [6, 6.07) is 0.161. The monoisotopic (exact) mass is 253 g/mol. The molecule has 5 heteroatoms. The number of nitrogens with two attached hydrogens (primary N) is 1. The number of nitrogens with zero attached hydrogens (tertiary/aromatic N) is 2. The Balaban J connectivity index is 2.04. The Bertz CT molecular complexity index is 402. The van der Waals surface area contributed by atoms with E-state index in [0.717, 1.165) is 35.8 Å². The molecule has 94 valence electrons. The molecule has 2 atom stereocenters. The number of carbonyl (C=O) groups is 1. The summed E-state index contributed by atoms with van der Waals surface area (Å²) in [5, 5.41) is 0.939. The molecule has 1 amide bonds. The lowest BCUT2D eigenvalue weighted by Crippen LogP contribution is -2.44. The van der Waals surface area contributed by atoms with Crippen molar-refractivity contribution in [3.63, 3.8) is 0 Å². The fraction of sp³-hybridized carbons (Fsp3) is 0.667. The van der Waals surface area contributed by atoms with E-state index in [9.17, 15) is 4.79 Å². The van der Waals surface area contributed by atoms with Gasteiger partial charge in [0.05, 0.1) is 11.2 Å². The van der Waals surface area contributed by atoms with Crippen LogP contribution in [-0.4, -0.2) is 34.9 Å². The van der Waals surface area contributed by atoms with Gasteiger partial charge in [-0.1, -0.05) is 0 Å². The van der Waals surface area contributed by atoms with Crippen molar-refractivity contribution >= 4 is 17.2 Å². The standard InChI is InChI=1S/C12H19N3OS/c1-8(13)10-4-3-5-15(7-10)12(16)11-6-14-9(2)17-11/h6,8,10H,3-5,7,13H2,1-2H3/t8-,10+/m0/s1. The average molecular weight is 253 g/mol. The second-order valence-corrected chi connectivity index (χ2v) is 5.99. The van der Waals surface area contributed by atoms with Crippen LogP contribution in [0.15, 0.2) is 6.20 Å². The van der Waals surface area contributed by atoms with Gasteiger partial charge in [-0.25, -0.2) is 4.98 Å². The molecule has 0 radical (unpaired) electrons. The SMILES string of the molecule is Cc1ncc(C(=O)N2CCC[C@@H]([C@H](C)N)C2)s1. The predicted molar refractivity (Wildman–Crippen MR) is 69.1 cm³/mol. The maximum atomic E-state index is 12.2. The zero-order valence-electron chi connectivity index (χ0n) is 10.3. The van der Waals surface area contributed by atoms with Gasteiger partial charge in [0.2, 0.25) is 0 Å². The van der Waals surface area contributed by atoms with E-state index in [0.29, 0.717) is 5.92 Å². The molecule has 0 aromatic carbocycles. The third-order valence-electron chi connectivity index (χ3n) is 3.32. The van der Waals surface area contributed by atoms with Crippen LogP contribution in [0.1, 0.15) is 34.4 Å². The molecule has 1 aliphatic heterocycles. The number of thiazole rings is 1. The highest BCUT2D eigenvalue weighted by atomic mass is 32.1. The second kappa shape index (κ2) is 5.14. The molecule has 2 N–H and O–H groups in total. The zero-order valence-corrected chi connectivity index (χ0v) is 11.2. The number of rotatable bonds is 2. The molecule has 0 bridgehead atoms. The van der Waals surface area contributed by atoms with Crippen LogP contribution in [0, 0.1) is 12.8 Å². The largest absolute Gasteiger partial charge is 0.338 e. The van der Waals surface area contributed by atoms with Crippen LogP contribution in [0.5, 0.6) is 0 Å². The fourth-order valence-corrected chi connectivity index (χ4v) is 2.99. The van der Waals surface area contributed by atoms with Gasteiger partial charge in [-0.05, 0) is 32.6 Å². The lowest BCUT2D eigenvalue weighted by molar-refractivity contribution is 0.0665. The fourth-order valence-electron chi connectivity index (χ4n) is 2.24. The van der Waals surface area contributed by atoms with E-state index in [2.05, 4.69) is 4.98 Å². The highest BCUT2D eigenvalue weighted by molar-refractivity contribution is 7.13. The minimum absolute atomic E-state index is 0.112. The van der Waals surface area contributed by atoms with E-state index in [1.807, 2.05) is 18.7 Å². The molecule has 4 nitrogen and oxygen atoms in total. The first-order valence-corrected chi connectivity index (χ1v) is 6.87. The second-order valence-electron chi connectivity index (χ2n) is 4.76. The minimum Gasteiger partial charge on any atom is -0.338 e. The Hall–Kier alpha value is -0.940. The highest BCUT2D eigenvalue weighted by Gasteiger charge is 2.27.